The van der Waals surface area contributed by atoms with Crippen LogP contribution in [-0.2, 0) is 11.3 Å². The third-order valence-electron chi connectivity index (χ3n) is 4.93. The number of piperidine rings is 1. The van der Waals surface area contributed by atoms with E-state index in [2.05, 4.69) is 15.0 Å². The standard InChI is InChI=1S/C16H21N3O2S/c1-10-13(11(2)21-18-10)8-19-5-3-12-7-14(20-15(12)9-19)16-17-4-6-22-16/h4,6,12,14-15H,3,5,7-9H2,1-2H3/t12-,14+,15+/m0/s1. The minimum absolute atomic E-state index is 0.203. The highest BCUT2D eigenvalue weighted by Gasteiger charge is 2.40. The Labute approximate surface area is 134 Å². The van der Waals surface area contributed by atoms with Crippen LogP contribution in [0, 0.1) is 19.8 Å². The maximum absolute atomic E-state index is 6.29. The highest BCUT2D eigenvalue weighted by molar-refractivity contribution is 7.09. The van der Waals surface area contributed by atoms with E-state index in [1.807, 2.05) is 25.4 Å². The molecule has 6 heteroatoms. The van der Waals surface area contributed by atoms with Crippen LogP contribution in [-0.4, -0.2) is 34.2 Å². The van der Waals surface area contributed by atoms with Crippen molar-refractivity contribution in [2.24, 2.45) is 5.92 Å². The molecular formula is C16H21N3O2S. The van der Waals surface area contributed by atoms with E-state index in [1.54, 1.807) is 11.3 Å². The number of ether oxygens (including phenoxy) is 1. The normalized spacial score (nSPS) is 28.9. The molecule has 2 aromatic rings. The molecule has 0 saturated carbocycles. The zero-order chi connectivity index (χ0) is 15.1. The average Bonchev–Trinajstić information content (AvgIpc) is 3.22. The number of nitrogens with zero attached hydrogens (tertiary/aromatic N) is 3. The predicted molar refractivity (Wildman–Crippen MR) is 83.7 cm³/mol. The molecule has 0 unspecified atom stereocenters. The molecule has 2 saturated heterocycles. The zero-order valence-corrected chi connectivity index (χ0v) is 13.8. The van der Waals surface area contributed by atoms with Crippen molar-refractivity contribution in [3.63, 3.8) is 0 Å². The van der Waals surface area contributed by atoms with Gasteiger partial charge in [-0.25, -0.2) is 4.98 Å². The number of aryl methyl sites for hydroxylation is 2. The van der Waals surface area contributed by atoms with Crippen molar-refractivity contribution >= 4 is 11.3 Å². The third-order valence-corrected chi connectivity index (χ3v) is 5.79. The first-order valence-corrected chi connectivity index (χ1v) is 8.77. The molecule has 0 bridgehead atoms. The summed E-state index contributed by atoms with van der Waals surface area (Å²) in [5.41, 5.74) is 2.24. The molecule has 2 aliphatic rings. The fourth-order valence-corrected chi connectivity index (χ4v) is 4.33. The average molecular weight is 319 g/mol. The fraction of sp³-hybridized carbons (Fsp3) is 0.625. The van der Waals surface area contributed by atoms with Gasteiger partial charge in [-0.15, -0.1) is 11.3 Å². The van der Waals surface area contributed by atoms with Crippen molar-refractivity contribution in [2.75, 3.05) is 13.1 Å². The van der Waals surface area contributed by atoms with Crippen molar-refractivity contribution in [3.8, 4) is 0 Å². The van der Waals surface area contributed by atoms with Crippen molar-refractivity contribution < 1.29 is 9.26 Å². The van der Waals surface area contributed by atoms with Crippen LogP contribution in [0.25, 0.3) is 0 Å². The van der Waals surface area contributed by atoms with Gasteiger partial charge < -0.3 is 9.26 Å². The van der Waals surface area contributed by atoms with E-state index in [-0.39, 0.29) is 6.10 Å². The predicted octanol–water partition coefficient (Wildman–Crippen LogP) is 3.10. The summed E-state index contributed by atoms with van der Waals surface area (Å²) in [4.78, 5) is 6.89. The van der Waals surface area contributed by atoms with Gasteiger partial charge in [-0.1, -0.05) is 5.16 Å². The summed E-state index contributed by atoms with van der Waals surface area (Å²) in [7, 11) is 0. The molecular weight excluding hydrogens is 298 g/mol. The van der Waals surface area contributed by atoms with Gasteiger partial charge in [0.2, 0.25) is 0 Å². The third kappa shape index (κ3) is 2.59. The van der Waals surface area contributed by atoms with E-state index in [4.69, 9.17) is 9.26 Å². The Morgan fingerprint density at radius 2 is 2.32 bits per heavy atom. The van der Waals surface area contributed by atoms with Gasteiger partial charge in [0.05, 0.1) is 11.8 Å². The van der Waals surface area contributed by atoms with Gasteiger partial charge in [0, 0.05) is 30.2 Å². The smallest absolute Gasteiger partial charge is 0.138 e. The molecule has 0 aliphatic carbocycles. The number of fused-ring (bicyclic) bond motifs is 1. The van der Waals surface area contributed by atoms with Crippen molar-refractivity contribution in [1.29, 1.82) is 0 Å². The van der Waals surface area contributed by atoms with Crippen LogP contribution in [0.4, 0.5) is 0 Å². The van der Waals surface area contributed by atoms with E-state index in [1.165, 1.54) is 12.0 Å². The van der Waals surface area contributed by atoms with Crippen LogP contribution in [0.15, 0.2) is 16.1 Å². The molecule has 118 valence electrons. The molecule has 2 aliphatic heterocycles. The summed E-state index contributed by atoms with van der Waals surface area (Å²) in [6.45, 7) is 7.04. The van der Waals surface area contributed by atoms with Gasteiger partial charge in [-0.2, -0.15) is 0 Å². The number of likely N-dealkylation sites (tertiary alicyclic amines) is 1. The molecule has 0 amide bonds. The zero-order valence-electron chi connectivity index (χ0n) is 13.0. The lowest BCUT2D eigenvalue weighted by Crippen LogP contribution is -2.41. The van der Waals surface area contributed by atoms with Crippen LogP contribution in [0.5, 0.6) is 0 Å². The van der Waals surface area contributed by atoms with E-state index >= 15 is 0 Å². The molecule has 4 rings (SSSR count). The molecule has 0 radical (unpaired) electrons. The van der Waals surface area contributed by atoms with Crippen molar-refractivity contribution in [1.82, 2.24) is 15.0 Å². The van der Waals surface area contributed by atoms with Crippen LogP contribution in [0.1, 0.15) is 41.0 Å². The second kappa shape index (κ2) is 5.76. The van der Waals surface area contributed by atoms with Crippen molar-refractivity contribution in [3.05, 3.63) is 33.6 Å². The largest absolute Gasteiger partial charge is 0.366 e. The molecule has 0 N–H and O–H groups in total. The Bertz CT molecular complexity index is 620. The van der Waals surface area contributed by atoms with E-state index in [0.717, 1.165) is 42.5 Å². The molecule has 22 heavy (non-hydrogen) atoms. The number of rotatable bonds is 3. The quantitative estimate of drug-likeness (QED) is 0.870. The van der Waals surface area contributed by atoms with E-state index < -0.39 is 0 Å². The topological polar surface area (TPSA) is 51.4 Å². The number of thiazole rings is 1. The van der Waals surface area contributed by atoms with Gasteiger partial charge >= 0.3 is 0 Å². The Morgan fingerprint density at radius 1 is 1.41 bits per heavy atom. The Morgan fingerprint density at radius 3 is 3.05 bits per heavy atom. The summed E-state index contributed by atoms with van der Waals surface area (Å²) >= 11 is 1.70. The molecule has 2 fully saturated rings. The van der Waals surface area contributed by atoms with E-state index in [9.17, 15) is 0 Å². The van der Waals surface area contributed by atoms with Crippen LogP contribution in [0.3, 0.4) is 0 Å². The maximum Gasteiger partial charge on any atom is 0.138 e. The SMILES string of the molecule is Cc1noc(C)c1CN1CC[C@H]2C[C@H](c3nccs3)O[C@@H]2C1. The summed E-state index contributed by atoms with van der Waals surface area (Å²) < 4.78 is 11.6. The fourth-order valence-electron chi connectivity index (χ4n) is 3.64. The second-order valence-electron chi connectivity index (χ2n) is 6.36. The van der Waals surface area contributed by atoms with Crippen LogP contribution < -0.4 is 0 Å². The van der Waals surface area contributed by atoms with E-state index in [0.29, 0.717) is 12.0 Å². The number of hydrogen-bond donors (Lipinski definition) is 0. The first-order chi connectivity index (χ1) is 10.7. The number of hydrogen-bond acceptors (Lipinski definition) is 6. The minimum atomic E-state index is 0.203. The van der Waals surface area contributed by atoms with Gasteiger partial charge in [0.1, 0.15) is 16.9 Å². The lowest BCUT2D eigenvalue weighted by Gasteiger charge is -2.33. The minimum Gasteiger partial charge on any atom is -0.366 e. The molecule has 0 aromatic carbocycles. The molecule has 4 heterocycles. The Balaban J connectivity index is 1.42. The van der Waals surface area contributed by atoms with Crippen molar-refractivity contribution in [2.45, 2.75) is 45.4 Å². The van der Waals surface area contributed by atoms with Crippen LogP contribution >= 0.6 is 11.3 Å². The summed E-state index contributed by atoms with van der Waals surface area (Å²) in [5, 5.41) is 7.22. The first-order valence-electron chi connectivity index (χ1n) is 7.89. The highest BCUT2D eigenvalue weighted by Crippen LogP contribution is 2.41. The summed E-state index contributed by atoms with van der Waals surface area (Å²) in [6, 6.07) is 0. The summed E-state index contributed by atoms with van der Waals surface area (Å²) in [5.74, 6) is 1.61. The van der Waals surface area contributed by atoms with Gasteiger partial charge in [-0.3, -0.25) is 4.90 Å². The number of aromatic nitrogens is 2. The molecule has 3 atom stereocenters. The Kier molecular flexibility index (Phi) is 3.76. The van der Waals surface area contributed by atoms with Crippen LogP contribution in [0.2, 0.25) is 0 Å². The molecule has 0 spiro atoms. The monoisotopic (exact) mass is 319 g/mol. The lowest BCUT2D eigenvalue weighted by molar-refractivity contribution is -0.00952. The highest BCUT2D eigenvalue weighted by atomic mass is 32.1. The van der Waals surface area contributed by atoms with Gasteiger partial charge in [-0.05, 0) is 39.2 Å². The maximum atomic E-state index is 6.29. The molecule has 5 nitrogen and oxygen atoms in total. The lowest BCUT2D eigenvalue weighted by atomic mass is 9.91. The Hall–Kier alpha value is -1.24. The first kappa shape index (κ1) is 14.4. The molecule has 2 aromatic heterocycles. The summed E-state index contributed by atoms with van der Waals surface area (Å²) in [6.07, 6.45) is 4.74. The van der Waals surface area contributed by atoms with Gasteiger partial charge in [0.15, 0.2) is 0 Å². The second-order valence-corrected chi connectivity index (χ2v) is 7.28. The van der Waals surface area contributed by atoms with Gasteiger partial charge in [0.25, 0.3) is 0 Å².